The molecule has 1 saturated carbocycles. The van der Waals surface area contributed by atoms with Crippen LogP contribution in [0.5, 0.6) is 0 Å². The third kappa shape index (κ3) is 3.29. The SMILES string of the molecule is CNCCCCC1NC2CCCCCC2C1=O. The Bertz CT molecular complexity index is 255. The van der Waals surface area contributed by atoms with Crippen molar-refractivity contribution in [3.8, 4) is 0 Å². The van der Waals surface area contributed by atoms with Crippen LogP contribution in [-0.4, -0.2) is 31.5 Å². The van der Waals surface area contributed by atoms with Crippen LogP contribution in [0.15, 0.2) is 0 Å². The smallest absolute Gasteiger partial charge is 0.154 e. The summed E-state index contributed by atoms with van der Waals surface area (Å²) in [6.07, 6.45) is 9.57. The largest absolute Gasteiger partial charge is 0.320 e. The molecule has 0 radical (unpaired) electrons. The fourth-order valence-electron chi connectivity index (χ4n) is 3.32. The molecule has 1 heterocycles. The molecule has 2 fully saturated rings. The van der Waals surface area contributed by atoms with Crippen molar-refractivity contribution in [2.24, 2.45) is 5.92 Å². The minimum atomic E-state index is 0.167. The van der Waals surface area contributed by atoms with E-state index in [0.29, 0.717) is 17.7 Å². The lowest BCUT2D eigenvalue weighted by atomic mass is 9.92. The summed E-state index contributed by atoms with van der Waals surface area (Å²) in [7, 11) is 1.98. The lowest BCUT2D eigenvalue weighted by Crippen LogP contribution is -2.31. The number of hydrogen-bond donors (Lipinski definition) is 2. The van der Waals surface area contributed by atoms with Crippen LogP contribution in [-0.2, 0) is 4.79 Å². The number of ketones is 1. The van der Waals surface area contributed by atoms with Crippen LogP contribution in [0.25, 0.3) is 0 Å². The van der Waals surface area contributed by atoms with Crippen molar-refractivity contribution in [2.75, 3.05) is 13.6 Å². The highest BCUT2D eigenvalue weighted by atomic mass is 16.1. The van der Waals surface area contributed by atoms with E-state index in [1.54, 1.807) is 0 Å². The van der Waals surface area contributed by atoms with E-state index in [1.165, 1.54) is 32.1 Å². The molecule has 0 aromatic carbocycles. The van der Waals surface area contributed by atoms with Crippen molar-refractivity contribution in [1.82, 2.24) is 10.6 Å². The molecule has 0 aromatic rings. The van der Waals surface area contributed by atoms with Gasteiger partial charge >= 0.3 is 0 Å². The van der Waals surface area contributed by atoms with E-state index in [9.17, 15) is 4.79 Å². The predicted octanol–water partition coefficient (Wildman–Crippen LogP) is 1.87. The van der Waals surface area contributed by atoms with Gasteiger partial charge in [0, 0.05) is 12.0 Å². The van der Waals surface area contributed by atoms with Crippen LogP contribution in [0.1, 0.15) is 51.4 Å². The predicted molar refractivity (Wildman–Crippen MR) is 70.1 cm³/mol. The summed E-state index contributed by atoms with van der Waals surface area (Å²) in [5, 5.41) is 6.75. The zero-order chi connectivity index (χ0) is 12.1. The van der Waals surface area contributed by atoms with E-state index in [-0.39, 0.29) is 6.04 Å². The second kappa shape index (κ2) is 6.50. The Morgan fingerprint density at radius 3 is 2.88 bits per heavy atom. The van der Waals surface area contributed by atoms with Gasteiger partial charge in [-0.15, -0.1) is 0 Å². The van der Waals surface area contributed by atoms with Crippen LogP contribution >= 0.6 is 0 Å². The van der Waals surface area contributed by atoms with Crippen molar-refractivity contribution >= 4 is 5.78 Å². The molecule has 3 heteroatoms. The molecule has 0 bridgehead atoms. The quantitative estimate of drug-likeness (QED) is 0.718. The monoisotopic (exact) mass is 238 g/mol. The van der Waals surface area contributed by atoms with E-state index in [0.717, 1.165) is 25.8 Å². The zero-order valence-electron chi connectivity index (χ0n) is 11.0. The fraction of sp³-hybridized carbons (Fsp3) is 0.929. The Kier molecular flexibility index (Phi) is 4.99. The number of carbonyl (C=O) groups excluding carboxylic acids is 1. The normalized spacial score (nSPS) is 33.5. The molecule has 98 valence electrons. The van der Waals surface area contributed by atoms with E-state index in [2.05, 4.69) is 10.6 Å². The molecule has 2 rings (SSSR count). The van der Waals surface area contributed by atoms with Gasteiger partial charge in [-0.1, -0.05) is 25.7 Å². The minimum Gasteiger partial charge on any atom is -0.320 e. The number of hydrogen-bond acceptors (Lipinski definition) is 3. The first kappa shape index (κ1) is 13.0. The van der Waals surface area contributed by atoms with Crippen LogP contribution in [0, 0.1) is 5.92 Å². The van der Waals surface area contributed by atoms with Gasteiger partial charge in [0.15, 0.2) is 5.78 Å². The molecule has 1 aliphatic carbocycles. The van der Waals surface area contributed by atoms with Gasteiger partial charge in [-0.25, -0.2) is 0 Å². The maximum absolute atomic E-state index is 12.3. The van der Waals surface area contributed by atoms with Gasteiger partial charge in [-0.2, -0.15) is 0 Å². The molecule has 3 unspecified atom stereocenters. The molecule has 2 N–H and O–H groups in total. The van der Waals surface area contributed by atoms with Crippen LogP contribution < -0.4 is 10.6 Å². The Balaban J connectivity index is 1.79. The first-order valence-electron chi connectivity index (χ1n) is 7.27. The summed E-state index contributed by atoms with van der Waals surface area (Å²) in [6.45, 7) is 1.06. The van der Waals surface area contributed by atoms with E-state index in [1.807, 2.05) is 7.05 Å². The number of fused-ring (bicyclic) bond motifs is 1. The Hall–Kier alpha value is -0.410. The maximum atomic E-state index is 12.3. The lowest BCUT2D eigenvalue weighted by Gasteiger charge is -2.13. The Morgan fingerprint density at radius 2 is 2.06 bits per heavy atom. The number of unbranched alkanes of at least 4 members (excludes halogenated alkanes) is 1. The molecule has 1 saturated heterocycles. The first-order valence-corrected chi connectivity index (χ1v) is 7.27. The summed E-state index contributed by atoms with van der Waals surface area (Å²) >= 11 is 0. The number of Topliss-reactive ketones (excluding diaryl/α,β-unsaturated/α-hetero) is 1. The summed E-state index contributed by atoms with van der Waals surface area (Å²) in [5.74, 6) is 0.855. The molecular weight excluding hydrogens is 212 g/mol. The molecule has 3 atom stereocenters. The number of nitrogens with one attached hydrogen (secondary N) is 2. The van der Waals surface area contributed by atoms with Crippen molar-refractivity contribution in [2.45, 2.75) is 63.5 Å². The summed E-state index contributed by atoms with van der Waals surface area (Å²) in [4.78, 5) is 12.3. The van der Waals surface area contributed by atoms with Crippen LogP contribution in [0.3, 0.4) is 0 Å². The highest BCUT2D eigenvalue weighted by molar-refractivity contribution is 5.89. The summed E-state index contributed by atoms with van der Waals surface area (Å²) < 4.78 is 0. The van der Waals surface area contributed by atoms with E-state index >= 15 is 0 Å². The van der Waals surface area contributed by atoms with Gasteiger partial charge in [0.2, 0.25) is 0 Å². The third-order valence-corrected chi connectivity index (χ3v) is 4.31. The van der Waals surface area contributed by atoms with Crippen LogP contribution in [0.2, 0.25) is 0 Å². The van der Waals surface area contributed by atoms with Crippen molar-refractivity contribution < 1.29 is 4.79 Å². The van der Waals surface area contributed by atoms with Gasteiger partial charge in [0.25, 0.3) is 0 Å². The third-order valence-electron chi connectivity index (χ3n) is 4.31. The molecule has 0 spiro atoms. The minimum absolute atomic E-state index is 0.167. The van der Waals surface area contributed by atoms with Crippen molar-refractivity contribution in [3.05, 3.63) is 0 Å². The first-order chi connectivity index (χ1) is 8.33. The lowest BCUT2D eigenvalue weighted by molar-refractivity contribution is -0.122. The average molecular weight is 238 g/mol. The zero-order valence-corrected chi connectivity index (χ0v) is 11.0. The Morgan fingerprint density at radius 1 is 1.24 bits per heavy atom. The molecule has 0 aromatic heterocycles. The van der Waals surface area contributed by atoms with Gasteiger partial charge in [0.1, 0.15) is 0 Å². The average Bonchev–Trinajstić information content (AvgIpc) is 2.54. The van der Waals surface area contributed by atoms with Crippen molar-refractivity contribution in [3.63, 3.8) is 0 Å². The highest BCUT2D eigenvalue weighted by Crippen LogP contribution is 2.31. The second-order valence-corrected chi connectivity index (χ2v) is 5.57. The molecule has 17 heavy (non-hydrogen) atoms. The Labute approximate surface area is 105 Å². The maximum Gasteiger partial charge on any atom is 0.154 e. The number of carbonyl (C=O) groups is 1. The van der Waals surface area contributed by atoms with Gasteiger partial charge in [0.05, 0.1) is 6.04 Å². The molecule has 3 nitrogen and oxygen atoms in total. The number of rotatable bonds is 5. The summed E-state index contributed by atoms with van der Waals surface area (Å²) in [6, 6.07) is 0.666. The molecule has 0 amide bonds. The second-order valence-electron chi connectivity index (χ2n) is 5.57. The topological polar surface area (TPSA) is 41.1 Å². The van der Waals surface area contributed by atoms with Gasteiger partial charge in [-0.3, -0.25) is 4.79 Å². The van der Waals surface area contributed by atoms with Crippen molar-refractivity contribution in [1.29, 1.82) is 0 Å². The summed E-state index contributed by atoms with van der Waals surface area (Å²) in [5.41, 5.74) is 0. The van der Waals surface area contributed by atoms with Crippen LogP contribution in [0.4, 0.5) is 0 Å². The van der Waals surface area contributed by atoms with E-state index in [4.69, 9.17) is 0 Å². The standard InChI is InChI=1S/C14H26N2O/c1-15-10-6-5-9-13-14(17)11-7-3-2-4-8-12(11)16-13/h11-13,15-16H,2-10H2,1H3. The highest BCUT2D eigenvalue weighted by Gasteiger charge is 2.40. The van der Waals surface area contributed by atoms with E-state index < -0.39 is 0 Å². The molecule has 2 aliphatic rings. The molecule has 1 aliphatic heterocycles. The molecular formula is C14H26N2O. The van der Waals surface area contributed by atoms with Gasteiger partial charge in [-0.05, 0) is 39.3 Å². The van der Waals surface area contributed by atoms with Gasteiger partial charge < -0.3 is 10.6 Å². The fourth-order valence-corrected chi connectivity index (χ4v) is 3.32.